The number of nitrogens with one attached hydrogen (secondary N) is 1. The molecule has 0 heterocycles. The van der Waals surface area contributed by atoms with Gasteiger partial charge in [0, 0.05) is 22.2 Å². The van der Waals surface area contributed by atoms with Gasteiger partial charge in [-0.25, -0.2) is 0 Å². The number of aryl methyl sites for hydroxylation is 1. The molecule has 28 heavy (non-hydrogen) atoms. The second kappa shape index (κ2) is 9.52. The van der Waals surface area contributed by atoms with Crippen LogP contribution in [-0.2, 0) is 9.59 Å². The number of Topliss-reactive ketones (excluding diaryl/α,β-unsaturated/α-hetero) is 1. The Morgan fingerprint density at radius 1 is 1.07 bits per heavy atom. The van der Waals surface area contributed by atoms with E-state index in [4.69, 9.17) is 32.7 Å². The molecule has 2 aromatic carbocycles. The Morgan fingerprint density at radius 3 is 2.18 bits per heavy atom. The van der Waals surface area contributed by atoms with Crippen LogP contribution < -0.4 is 14.8 Å². The van der Waals surface area contributed by atoms with Crippen molar-refractivity contribution >= 4 is 46.3 Å². The molecule has 0 aromatic heterocycles. The van der Waals surface area contributed by atoms with E-state index in [-0.39, 0.29) is 17.2 Å². The quantitative estimate of drug-likeness (QED) is 0.501. The van der Waals surface area contributed by atoms with E-state index in [1.165, 1.54) is 33.3 Å². The fraction of sp³-hybridized carbons (Fsp3) is 0.263. The molecule has 1 atom stereocenters. The van der Waals surface area contributed by atoms with E-state index in [9.17, 15) is 9.59 Å². The molecule has 1 amide bonds. The minimum Gasteiger partial charge on any atom is -0.494 e. The van der Waals surface area contributed by atoms with Gasteiger partial charge in [-0.05, 0) is 31.5 Å². The number of benzene rings is 2. The zero-order valence-corrected chi connectivity index (χ0v) is 17.3. The smallest absolute Gasteiger partial charge is 0.259 e. The number of ketones is 1. The molecular formula is C19H19Cl2N3O4. The van der Waals surface area contributed by atoms with Crippen LogP contribution in [0.2, 0.25) is 10.0 Å². The van der Waals surface area contributed by atoms with E-state index in [2.05, 4.69) is 15.5 Å². The van der Waals surface area contributed by atoms with Crippen LogP contribution in [0.1, 0.15) is 12.5 Å². The highest BCUT2D eigenvalue weighted by atomic mass is 35.5. The first-order valence-electron chi connectivity index (χ1n) is 8.16. The third-order valence-electron chi connectivity index (χ3n) is 3.80. The zero-order chi connectivity index (χ0) is 20.8. The minimum absolute atomic E-state index is 0.235. The maximum atomic E-state index is 12.7. The molecule has 9 heteroatoms. The van der Waals surface area contributed by atoms with Crippen molar-refractivity contribution in [1.29, 1.82) is 0 Å². The Kier molecular flexibility index (Phi) is 7.37. The van der Waals surface area contributed by atoms with Crippen molar-refractivity contribution in [1.82, 2.24) is 0 Å². The van der Waals surface area contributed by atoms with E-state index in [0.717, 1.165) is 5.56 Å². The van der Waals surface area contributed by atoms with Crippen molar-refractivity contribution in [3.8, 4) is 11.5 Å². The molecule has 0 aliphatic rings. The average Bonchev–Trinajstić information content (AvgIpc) is 2.65. The largest absolute Gasteiger partial charge is 0.494 e. The van der Waals surface area contributed by atoms with Crippen LogP contribution in [0.3, 0.4) is 0 Å². The van der Waals surface area contributed by atoms with Crippen molar-refractivity contribution in [3.05, 3.63) is 45.9 Å². The first-order valence-corrected chi connectivity index (χ1v) is 8.92. The molecule has 148 valence electrons. The Morgan fingerprint density at radius 2 is 1.68 bits per heavy atom. The first-order chi connectivity index (χ1) is 13.3. The Hall–Kier alpha value is -2.64. The summed E-state index contributed by atoms with van der Waals surface area (Å²) in [4.78, 5) is 24.6. The van der Waals surface area contributed by atoms with Crippen LogP contribution in [0.25, 0.3) is 0 Å². The Balaban J connectivity index is 2.30. The van der Waals surface area contributed by atoms with Gasteiger partial charge < -0.3 is 14.8 Å². The number of hydrogen-bond donors (Lipinski definition) is 1. The third-order valence-corrected chi connectivity index (χ3v) is 4.42. The van der Waals surface area contributed by atoms with Gasteiger partial charge in [-0.2, -0.15) is 10.2 Å². The normalized spacial score (nSPS) is 11.9. The predicted molar refractivity (Wildman–Crippen MR) is 108 cm³/mol. The first kappa shape index (κ1) is 21.7. The van der Waals surface area contributed by atoms with E-state index in [1.807, 2.05) is 6.92 Å². The van der Waals surface area contributed by atoms with Crippen LogP contribution >= 0.6 is 23.2 Å². The van der Waals surface area contributed by atoms with E-state index in [1.54, 1.807) is 18.2 Å². The summed E-state index contributed by atoms with van der Waals surface area (Å²) in [5.41, 5.74) is 1.54. The molecule has 7 nitrogen and oxygen atoms in total. The molecule has 1 N–H and O–H groups in total. The van der Waals surface area contributed by atoms with Gasteiger partial charge in [-0.1, -0.05) is 29.3 Å². The number of ether oxygens (including phenoxy) is 2. The van der Waals surface area contributed by atoms with Crippen molar-refractivity contribution in [3.63, 3.8) is 0 Å². The number of carbonyl (C=O) groups is 2. The summed E-state index contributed by atoms with van der Waals surface area (Å²) in [6.45, 7) is 3.10. The lowest BCUT2D eigenvalue weighted by Gasteiger charge is -2.16. The van der Waals surface area contributed by atoms with Gasteiger partial charge in [0.2, 0.25) is 6.04 Å². The van der Waals surface area contributed by atoms with Crippen LogP contribution in [-0.4, -0.2) is 32.0 Å². The molecule has 2 aromatic rings. The summed E-state index contributed by atoms with van der Waals surface area (Å²) >= 11 is 12.1. The molecule has 0 fully saturated rings. The molecule has 0 aliphatic heterocycles. The molecule has 0 bridgehead atoms. The Labute approximate surface area is 172 Å². The average molecular weight is 424 g/mol. The van der Waals surface area contributed by atoms with Gasteiger partial charge >= 0.3 is 0 Å². The maximum Gasteiger partial charge on any atom is 0.259 e. The zero-order valence-electron chi connectivity index (χ0n) is 15.7. The molecule has 0 saturated heterocycles. The number of nitrogens with zero attached hydrogens (tertiary/aromatic N) is 2. The molecule has 0 saturated carbocycles. The number of rotatable bonds is 7. The molecular weight excluding hydrogens is 405 g/mol. The highest BCUT2D eigenvalue weighted by Gasteiger charge is 2.26. The van der Waals surface area contributed by atoms with Crippen molar-refractivity contribution < 1.29 is 19.1 Å². The van der Waals surface area contributed by atoms with Gasteiger partial charge in [-0.3, -0.25) is 9.59 Å². The fourth-order valence-corrected chi connectivity index (χ4v) is 2.65. The fourth-order valence-electron chi connectivity index (χ4n) is 2.28. The summed E-state index contributed by atoms with van der Waals surface area (Å²) in [5, 5.41) is 11.3. The molecule has 0 aliphatic carbocycles. The third kappa shape index (κ3) is 5.21. The monoisotopic (exact) mass is 423 g/mol. The molecule has 0 radical (unpaired) electrons. The standard InChI is InChI=1S/C19H19Cl2N3O4/c1-10-5-6-13(9-14(10)21)23-24-17(11(2)25)19(26)22-18-15(27-3)7-12(20)8-16(18)28-4/h5-9,17H,1-4H3,(H,22,26). The van der Waals surface area contributed by atoms with Gasteiger partial charge in [0.25, 0.3) is 5.91 Å². The van der Waals surface area contributed by atoms with Gasteiger partial charge in [-0.15, -0.1) is 0 Å². The summed E-state index contributed by atoms with van der Waals surface area (Å²) in [6.07, 6.45) is 0. The number of hydrogen-bond acceptors (Lipinski definition) is 6. The maximum absolute atomic E-state index is 12.7. The molecule has 1 unspecified atom stereocenters. The number of amides is 1. The van der Waals surface area contributed by atoms with Gasteiger partial charge in [0.05, 0.1) is 19.9 Å². The summed E-state index contributed by atoms with van der Waals surface area (Å²) < 4.78 is 10.5. The highest BCUT2D eigenvalue weighted by Crippen LogP contribution is 2.38. The lowest BCUT2D eigenvalue weighted by molar-refractivity contribution is -0.126. The van der Waals surface area contributed by atoms with Crippen molar-refractivity contribution in [2.45, 2.75) is 19.9 Å². The van der Waals surface area contributed by atoms with Crippen molar-refractivity contribution in [2.24, 2.45) is 10.2 Å². The van der Waals surface area contributed by atoms with Crippen LogP contribution in [0, 0.1) is 6.92 Å². The van der Waals surface area contributed by atoms with Crippen LogP contribution in [0.15, 0.2) is 40.6 Å². The summed E-state index contributed by atoms with van der Waals surface area (Å²) in [7, 11) is 2.84. The molecule has 2 rings (SSSR count). The number of azo groups is 1. The van der Waals surface area contributed by atoms with Crippen molar-refractivity contribution in [2.75, 3.05) is 19.5 Å². The van der Waals surface area contributed by atoms with Gasteiger partial charge in [0.1, 0.15) is 17.2 Å². The Bertz CT molecular complexity index is 906. The number of carbonyl (C=O) groups excluding carboxylic acids is 2. The second-order valence-corrected chi connectivity index (χ2v) is 6.68. The summed E-state index contributed by atoms with van der Waals surface area (Å²) in [6, 6.07) is 6.72. The van der Waals surface area contributed by atoms with E-state index < -0.39 is 17.7 Å². The van der Waals surface area contributed by atoms with Crippen LogP contribution in [0.4, 0.5) is 11.4 Å². The predicted octanol–water partition coefficient (Wildman–Crippen LogP) is 5.00. The van der Waals surface area contributed by atoms with Gasteiger partial charge in [0.15, 0.2) is 5.78 Å². The summed E-state index contributed by atoms with van der Waals surface area (Å²) in [5.74, 6) is -0.607. The highest BCUT2D eigenvalue weighted by molar-refractivity contribution is 6.31. The number of anilines is 1. The minimum atomic E-state index is -1.36. The lowest BCUT2D eigenvalue weighted by Crippen LogP contribution is -2.32. The molecule has 0 spiro atoms. The van der Waals surface area contributed by atoms with E-state index >= 15 is 0 Å². The number of methoxy groups -OCH3 is 2. The van der Waals surface area contributed by atoms with Crippen LogP contribution in [0.5, 0.6) is 11.5 Å². The lowest BCUT2D eigenvalue weighted by atomic mass is 10.2. The number of halogens is 2. The topological polar surface area (TPSA) is 89.3 Å². The second-order valence-electron chi connectivity index (χ2n) is 5.84. The van der Waals surface area contributed by atoms with E-state index in [0.29, 0.717) is 15.7 Å². The SMILES string of the molecule is COc1cc(Cl)cc(OC)c1NC(=O)C(N=Nc1ccc(C)c(Cl)c1)C(C)=O.